The van der Waals surface area contributed by atoms with E-state index in [1.165, 1.54) is 0 Å². The molecule has 61 heavy (non-hydrogen) atoms. The third-order valence-electron chi connectivity index (χ3n) is 12.2. The van der Waals surface area contributed by atoms with Gasteiger partial charge in [0.25, 0.3) is 0 Å². The van der Waals surface area contributed by atoms with E-state index in [2.05, 4.69) is 68.5 Å². The number of para-hydroxylation sites is 1. The van der Waals surface area contributed by atoms with Crippen molar-refractivity contribution in [3.8, 4) is 27.4 Å². The van der Waals surface area contributed by atoms with Crippen LogP contribution in [0.2, 0.25) is 0 Å². The maximum atomic E-state index is 14.2. The lowest BCUT2D eigenvalue weighted by molar-refractivity contribution is -0.142. The first-order chi connectivity index (χ1) is 29.1. The molecule has 4 heterocycles. The van der Waals surface area contributed by atoms with Gasteiger partial charge in [-0.2, -0.15) is 0 Å². The highest BCUT2D eigenvalue weighted by Crippen LogP contribution is 2.36. The van der Waals surface area contributed by atoms with E-state index in [9.17, 15) is 24.6 Å². The molecule has 4 atom stereocenters. The Morgan fingerprint density at radius 2 is 1.75 bits per heavy atom. The predicted molar refractivity (Wildman–Crippen MR) is 242 cm³/mol. The number of aromatic hydroxyl groups is 1. The quantitative estimate of drug-likeness (QED) is 0.0677. The average molecular weight is 851 g/mol. The zero-order valence-corrected chi connectivity index (χ0v) is 37.0. The number of hydrogen-bond acceptors (Lipinski definition) is 12. The van der Waals surface area contributed by atoms with Gasteiger partial charge in [-0.1, -0.05) is 70.2 Å². The highest BCUT2D eigenvalue weighted by Gasteiger charge is 2.43. The number of piperidine rings is 1. The van der Waals surface area contributed by atoms with Crippen molar-refractivity contribution in [3.05, 3.63) is 83.6 Å². The van der Waals surface area contributed by atoms with Crippen LogP contribution in [0.5, 0.6) is 5.75 Å². The Kier molecular flexibility index (Phi) is 14.8. The van der Waals surface area contributed by atoms with Gasteiger partial charge in [-0.15, -0.1) is 21.5 Å². The highest BCUT2D eigenvalue weighted by atomic mass is 32.1. The number of ketones is 1. The molecule has 4 aromatic rings. The summed E-state index contributed by atoms with van der Waals surface area (Å²) in [6, 6.07) is 16.7. The second-order valence-electron chi connectivity index (χ2n) is 17.7. The first-order valence-electron chi connectivity index (χ1n) is 21.5. The molecule has 2 aromatic carbocycles. The van der Waals surface area contributed by atoms with Crippen LogP contribution in [-0.4, -0.2) is 86.2 Å². The Balaban J connectivity index is 0.922. The number of nitrogens with two attached hydrogens (primary N) is 1. The molecule has 6 rings (SSSR count). The number of nitrogens with one attached hydrogen (secondary N) is 2. The van der Waals surface area contributed by atoms with E-state index in [4.69, 9.17) is 5.73 Å². The number of phenolic OH excluding ortho intramolecular Hbond substituents is 1. The van der Waals surface area contributed by atoms with Crippen LogP contribution in [0.25, 0.3) is 21.7 Å². The molecule has 2 aliphatic heterocycles. The van der Waals surface area contributed by atoms with Gasteiger partial charge in [0, 0.05) is 74.6 Å². The normalized spacial score (nSPS) is 18.1. The second kappa shape index (κ2) is 20.0. The number of likely N-dealkylation sites (tertiary alicyclic amines) is 1. The van der Waals surface area contributed by atoms with Crippen LogP contribution in [0.3, 0.4) is 0 Å². The number of aliphatic hydroxyl groups excluding tert-OH is 1. The molecule has 2 aliphatic rings. The molecular formula is C47H62N8O5S. The first kappa shape index (κ1) is 45.2. The van der Waals surface area contributed by atoms with Gasteiger partial charge in [0.1, 0.15) is 11.5 Å². The van der Waals surface area contributed by atoms with Crippen molar-refractivity contribution in [2.45, 2.75) is 104 Å². The molecule has 13 nitrogen and oxygen atoms in total. The van der Waals surface area contributed by atoms with Crippen LogP contribution < -0.4 is 21.3 Å². The lowest BCUT2D eigenvalue weighted by atomic mass is 9.76. The molecule has 0 unspecified atom stereocenters. The molecule has 2 aromatic heterocycles. The molecule has 0 radical (unpaired) electrons. The number of aromatic nitrogens is 3. The van der Waals surface area contributed by atoms with Gasteiger partial charge in [-0.05, 0) is 74.3 Å². The largest absolute Gasteiger partial charge is 0.507 e. The van der Waals surface area contributed by atoms with E-state index >= 15 is 0 Å². The summed E-state index contributed by atoms with van der Waals surface area (Å²) in [6.07, 6.45) is 3.77. The topological polar surface area (TPSA) is 187 Å². The van der Waals surface area contributed by atoms with Crippen molar-refractivity contribution in [3.63, 3.8) is 0 Å². The van der Waals surface area contributed by atoms with E-state index in [1.807, 2.05) is 45.3 Å². The van der Waals surface area contributed by atoms with Gasteiger partial charge in [0.2, 0.25) is 11.8 Å². The number of carbonyl (C=O) groups excluding carboxylic acids is 3. The molecule has 14 heteroatoms. The number of nitrogens with zero attached hydrogens (tertiary/aromatic N) is 5. The minimum atomic E-state index is -0.677. The van der Waals surface area contributed by atoms with E-state index in [1.54, 1.807) is 34.4 Å². The zero-order valence-electron chi connectivity index (χ0n) is 36.2. The third kappa shape index (κ3) is 11.3. The van der Waals surface area contributed by atoms with Crippen molar-refractivity contribution in [2.24, 2.45) is 17.3 Å². The number of benzene rings is 2. The number of hydrogen-bond donors (Lipinski definition) is 5. The minimum absolute atomic E-state index is 0.0344. The Morgan fingerprint density at radius 3 is 2.43 bits per heavy atom. The lowest BCUT2D eigenvalue weighted by Gasteiger charge is -2.36. The predicted octanol–water partition coefficient (Wildman–Crippen LogP) is 7.20. The summed E-state index contributed by atoms with van der Waals surface area (Å²) in [5.41, 5.74) is 13.3. The van der Waals surface area contributed by atoms with Gasteiger partial charge >= 0.3 is 0 Å². The highest BCUT2D eigenvalue weighted by molar-refractivity contribution is 7.13. The number of aryl methyl sites for hydroxylation is 1. The van der Waals surface area contributed by atoms with Crippen LogP contribution in [0.4, 0.5) is 11.5 Å². The number of anilines is 2. The fourth-order valence-electron chi connectivity index (χ4n) is 8.47. The Bertz CT molecular complexity index is 2160. The van der Waals surface area contributed by atoms with Crippen LogP contribution >= 0.6 is 11.3 Å². The summed E-state index contributed by atoms with van der Waals surface area (Å²) in [4.78, 5) is 50.0. The summed E-state index contributed by atoms with van der Waals surface area (Å²) < 4.78 is 0. The summed E-state index contributed by atoms with van der Waals surface area (Å²) >= 11 is 1.62. The van der Waals surface area contributed by atoms with Gasteiger partial charge in [0.15, 0.2) is 5.82 Å². The molecule has 326 valence electrons. The average Bonchev–Trinajstić information content (AvgIpc) is 3.86. The van der Waals surface area contributed by atoms with Crippen molar-refractivity contribution in [1.29, 1.82) is 0 Å². The van der Waals surface area contributed by atoms with Gasteiger partial charge in [-0.3, -0.25) is 14.4 Å². The summed E-state index contributed by atoms with van der Waals surface area (Å²) in [7, 11) is 0. The number of carbonyl (C=O) groups is 3. The third-order valence-corrected chi connectivity index (χ3v) is 13.2. The SMILES string of the molecule is C=C(N[C@@H](C)c1ccc(-c2scnc2C)cc1)[C@@H]1C[C@@H](O)CN1C(=O)[C@@H](CC(=O)CCCCCNC(=O)C1CCN(c2cc(-c3ccccc3O)nnc2N)CC1)C(C)(C)C. The molecule has 0 spiro atoms. The molecular weight excluding hydrogens is 789 g/mol. The number of aliphatic hydroxyl groups is 1. The number of thiazole rings is 1. The number of phenols is 1. The van der Waals surface area contributed by atoms with Crippen LogP contribution in [-0.2, 0) is 14.4 Å². The fourth-order valence-corrected chi connectivity index (χ4v) is 9.28. The molecule has 2 saturated heterocycles. The second-order valence-corrected chi connectivity index (χ2v) is 18.6. The molecule has 0 bridgehead atoms. The zero-order chi connectivity index (χ0) is 43.8. The summed E-state index contributed by atoms with van der Waals surface area (Å²) in [5, 5.41) is 35.9. The Morgan fingerprint density at radius 1 is 1.03 bits per heavy atom. The molecule has 0 saturated carbocycles. The first-order valence-corrected chi connectivity index (χ1v) is 22.4. The van der Waals surface area contributed by atoms with Crippen molar-refractivity contribution < 1.29 is 24.6 Å². The summed E-state index contributed by atoms with van der Waals surface area (Å²) in [5.74, 6) is -0.281. The number of Topliss-reactive ketones (excluding diaryl/α,β-unsaturated/α-hetero) is 1. The van der Waals surface area contributed by atoms with Gasteiger partial charge in [-0.25, -0.2) is 4.98 Å². The fraction of sp³-hybridized carbons (Fsp3) is 0.489. The number of β-amino-alcohol motifs (C(OH)–C–C–N with tert-alkyl or cyclic N) is 1. The maximum absolute atomic E-state index is 14.2. The van der Waals surface area contributed by atoms with Crippen LogP contribution in [0.1, 0.15) is 96.4 Å². The molecule has 6 N–H and O–H groups in total. The van der Waals surface area contributed by atoms with Crippen LogP contribution in [0, 0.1) is 24.2 Å². The molecule has 2 fully saturated rings. The Hall–Kier alpha value is -5.34. The Labute approximate surface area is 363 Å². The monoisotopic (exact) mass is 850 g/mol. The van der Waals surface area contributed by atoms with Crippen molar-refractivity contribution in [2.75, 3.05) is 36.8 Å². The van der Waals surface area contributed by atoms with Gasteiger partial charge in [0.05, 0.1) is 39.6 Å². The van der Waals surface area contributed by atoms with E-state index in [-0.39, 0.29) is 48.3 Å². The number of rotatable bonds is 17. The van der Waals surface area contributed by atoms with Crippen LogP contribution in [0.15, 0.2) is 72.4 Å². The summed E-state index contributed by atoms with van der Waals surface area (Å²) in [6.45, 7) is 16.4. The maximum Gasteiger partial charge on any atom is 0.227 e. The number of amides is 2. The van der Waals surface area contributed by atoms with E-state index in [0.29, 0.717) is 74.5 Å². The number of unbranched alkanes of at least 4 members (excludes halogenated alkanes) is 2. The van der Waals surface area contributed by atoms with Gasteiger partial charge < -0.3 is 36.4 Å². The van der Waals surface area contributed by atoms with Crippen molar-refractivity contribution >= 4 is 40.4 Å². The smallest absolute Gasteiger partial charge is 0.227 e. The molecule has 2 amide bonds. The molecule has 0 aliphatic carbocycles. The minimum Gasteiger partial charge on any atom is -0.507 e. The lowest BCUT2D eigenvalue weighted by Crippen LogP contribution is -2.47. The standard InChI is InChI=1S/C47H62N8O5S/c1-29(32-15-17-33(18-16-32)43-31(3)50-28-61-43)51-30(2)40-25-36(57)27-55(40)46(60)38(47(4,5)6)24-35(56)12-8-7-11-21-49-45(59)34-19-22-54(23-20-34)41-26-39(52-53-44(41)48)37-13-9-10-14-42(37)58/h9-10,13-18,26,28-29,34,36,38,40,51,57-58H,2,7-8,11-12,19-25,27H2,1,3-6H3,(H2,48,53)(H,49,59)/t29-,36+,38+,40-/m0/s1. The van der Waals surface area contributed by atoms with E-state index < -0.39 is 23.5 Å². The number of nitrogen functional groups attached to an aromatic ring is 1. The van der Waals surface area contributed by atoms with E-state index in [0.717, 1.165) is 40.2 Å². The van der Waals surface area contributed by atoms with Crippen molar-refractivity contribution in [1.82, 2.24) is 30.7 Å².